The van der Waals surface area contributed by atoms with Crippen LogP contribution in [0.5, 0.6) is 0 Å². The van der Waals surface area contributed by atoms with Crippen molar-refractivity contribution in [1.82, 2.24) is 0 Å². The third-order valence-electron chi connectivity index (χ3n) is 1.92. The van der Waals surface area contributed by atoms with Gasteiger partial charge in [-0.25, -0.2) is 4.39 Å². The van der Waals surface area contributed by atoms with Gasteiger partial charge in [0.05, 0.1) is 4.47 Å². The van der Waals surface area contributed by atoms with Crippen LogP contribution in [0.3, 0.4) is 0 Å². The molecule has 0 aliphatic rings. The zero-order valence-electron chi connectivity index (χ0n) is 7.41. The Bertz CT molecular complexity index is 299. The molecule has 0 bridgehead atoms. The highest BCUT2D eigenvalue weighted by Crippen LogP contribution is 2.26. The first-order valence-electron chi connectivity index (χ1n) is 4.29. The minimum atomic E-state index is -0.221. The zero-order chi connectivity index (χ0) is 9.84. The molecule has 0 atom stereocenters. The fraction of sp³-hybridized carbons (Fsp3) is 0.400. The van der Waals surface area contributed by atoms with Crippen molar-refractivity contribution in [2.75, 3.05) is 0 Å². The second kappa shape index (κ2) is 4.97. The van der Waals surface area contributed by atoms with Gasteiger partial charge in [0.25, 0.3) is 0 Å². The first kappa shape index (κ1) is 11.0. The van der Waals surface area contributed by atoms with E-state index in [4.69, 9.17) is 11.6 Å². The van der Waals surface area contributed by atoms with Crippen molar-refractivity contribution < 1.29 is 4.39 Å². The van der Waals surface area contributed by atoms with Gasteiger partial charge in [0.2, 0.25) is 0 Å². The van der Waals surface area contributed by atoms with E-state index < -0.39 is 0 Å². The van der Waals surface area contributed by atoms with E-state index in [1.165, 1.54) is 0 Å². The second-order valence-electron chi connectivity index (χ2n) is 2.93. The summed E-state index contributed by atoms with van der Waals surface area (Å²) >= 11 is 9.01. The molecule has 0 aliphatic carbocycles. The molecule has 1 rings (SSSR count). The molecule has 0 unspecified atom stereocenters. The maximum atomic E-state index is 13.5. The van der Waals surface area contributed by atoms with Gasteiger partial charge >= 0.3 is 0 Å². The fourth-order valence-corrected chi connectivity index (χ4v) is 1.76. The van der Waals surface area contributed by atoms with Gasteiger partial charge in [-0.05, 0) is 40.9 Å². The summed E-state index contributed by atoms with van der Waals surface area (Å²) in [6, 6.07) is 3.35. The molecule has 0 amide bonds. The molecular formula is C10H11BrClF. The van der Waals surface area contributed by atoms with Crippen LogP contribution < -0.4 is 0 Å². The van der Waals surface area contributed by atoms with Crippen molar-refractivity contribution in [2.45, 2.75) is 26.2 Å². The maximum Gasteiger partial charge on any atom is 0.142 e. The summed E-state index contributed by atoms with van der Waals surface area (Å²) in [7, 11) is 0. The highest BCUT2D eigenvalue weighted by Gasteiger charge is 2.09. The quantitative estimate of drug-likeness (QED) is 0.702. The SMILES string of the molecule is CCCCc1c(Cl)ccc(Br)c1F. The van der Waals surface area contributed by atoms with E-state index in [1.54, 1.807) is 12.1 Å². The molecule has 0 nitrogen and oxygen atoms in total. The van der Waals surface area contributed by atoms with E-state index >= 15 is 0 Å². The zero-order valence-corrected chi connectivity index (χ0v) is 9.75. The molecule has 3 heteroatoms. The van der Waals surface area contributed by atoms with Gasteiger partial charge in [-0.3, -0.25) is 0 Å². The average Bonchev–Trinajstić information content (AvgIpc) is 2.12. The molecule has 0 spiro atoms. The maximum absolute atomic E-state index is 13.5. The summed E-state index contributed by atoms with van der Waals surface area (Å²) in [4.78, 5) is 0. The van der Waals surface area contributed by atoms with Crippen molar-refractivity contribution in [3.8, 4) is 0 Å². The number of halogens is 3. The molecular weight excluding hydrogens is 254 g/mol. The normalized spacial score (nSPS) is 10.5. The van der Waals surface area contributed by atoms with Crippen LogP contribution >= 0.6 is 27.5 Å². The third-order valence-corrected chi connectivity index (χ3v) is 2.89. The van der Waals surface area contributed by atoms with E-state index in [9.17, 15) is 4.39 Å². The van der Waals surface area contributed by atoms with E-state index in [0.717, 1.165) is 12.8 Å². The Morgan fingerprint density at radius 1 is 1.46 bits per heavy atom. The predicted molar refractivity (Wildman–Crippen MR) is 57.7 cm³/mol. The van der Waals surface area contributed by atoms with Crippen LogP contribution in [0.2, 0.25) is 5.02 Å². The van der Waals surface area contributed by atoms with Crippen LogP contribution in [0.1, 0.15) is 25.3 Å². The lowest BCUT2D eigenvalue weighted by atomic mass is 10.1. The third kappa shape index (κ3) is 2.68. The smallest absolute Gasteiger partial charge is 0.142 e. The van der Waals surface area contributed by atoms with Gasteiger partial charge in [0.15, 0.2) is 0 Å². The molecule has 0 aromatic heterocycles. The molecule has 0 fully saturated rings. The summed E-state index contributed by atoms with van der Waals surface area (Å²) < 4.78 is 13.9. The molecule has 1 aromatic carbocycles. The Kier molecular flexibility index (Phi) is 4.20. The van der Waals surface area contributed by atoms with Gasteiger partial charge in [-0.2, -0.15) is 0 Å². The molecule has 0 aliphatic heterocycles. The minimum Gasteiger partial charge on any atom is -0.205 e. The predicted octanol–water partition coefficient (Wildman–Crippen LogP) is 4.58. The summed E-state index contributed by atoms with van der Waals surface area (Å²) in [5, 5.41) is 0.522. The number of benzene rings is 1. The van der Waals surface area contributed by atoms with Gasteiger partial charge < -0.3 is 0 Å². The Balaban J connectivity index is 2.96. The van der Waals surface area contributed by atoms with E-state index in [0.29, 0.717) is 21.5 Å². The lowest BCUT2D eigenvalue weighted by Gasteiger charge is -2.06. The highest BCUT2D eigenvalue weighted by molar-refractivity contribution is 9.10. The van der Waals surface area contributed by atoms with Crippen molar-refractivity contribution in [2.24, 2.45) is 0 Å². The summed E-state index contributed by atoms with van der Waals surface area (Å²) in [6.45, 7) is 2.07. The molecule has 13 heavy (non-hydrogen) atoms. The van der Waals surface area contributed by atoms with Crippen molar-refractivity contribution in [3.63, 3.8) is 0 Å². The molecule has 1 aromatic rings. The number of rotatable bonds is 3. The number of hydrogen-bond acceptors (Lipinski definition) is 0. The van der Waals surface area contributed by atoms with Gasteiger partial charge in [0.1, 0.15) is 5.82 Å². The summed E-state index contributed by atoms with van der Waals surface area (Å²) in [5.41, 5.74) is 0.623. The summed E-state index contributed by atoms with van der Waals surface area (Å²) in [6.07, 6.45) is 2.72. The minimum absolute atomic E-state index is 0.221. The Morgan fingerprint density at radius 3 is 2.77 bits per heavy atom. The summed E-state index contributed by atoms with van der Waals surface area (Å²) in [5.74, 6) is -0.221. The van der Waals surface area contributed by atoms with Crippen LogP contribution in [-0.2, 0) is 6.42 Å². The molecule has 72 valence electrons. The Labute approximate surface area is 91.2 Å². The molecule has 0 saturated carbocycles. The first-order chi connectivity index (χ1) is 6.16. The monoisotopic (exact) mass is 264 g/mol. The standard InChI is InChI=1S/C10H11BrClF/c1-2-3-4-7-9(12)6-5-8(11)10(7)13/h5-6H,2-4H2,1H3. The Morgan fingerprint density at radius 2 is 2.15 bits per heavy atom. The Hall–Kier alpha value is -0.0800. The van der Waals surface area contributed by atoms with Gasteiger partial charge in [0, 0.05) is 10.6 Å². The van der Waals surface area contributed by atoms with Crippen molar-refractivity contribution >= 4 is 27.5 Å². The van der Waals surface area contributed by atoms with Crippen molar-refractivity contribution in [1.29, 1.82) is 0 Å². The van der Waals surface area contributed by atoms with E-state index in [-0.39, 0.29) is 5.82 Å². The van der Waals surface area contributed by atoms with Crippen LogP contribution in [0.15, 0.2) is 16.6 Å². The van der Waals surface area contributed by atoms with Gasteiger partial charge in [-0.15, -0.1) is 0 Å². The average molecular weight is 266 g/mol. The van der Waals surface area contributed by atoms with Crippen molar-refractivity contribution in [3.05, 3.63) is 33.0 Å². The molecule has 0 N–H and O–H groups in total. The molecule has 0 saturated heterocycles. The molecule has 0 heterocycles. The highest BCUT2D eigenvalue weighted by atomic mass is 79.9. The van der Waals surface area contributed by atoms with Crippen LogP contribution in [0.25, 0.3) is 0 Å². The topological polar surface area (TPSA) is 0 Å². The van der Waals surface area contributed by atoms with Crippen LogP contribution in [-0.4, -0.2) is 0 Å². The number of hydrogen-bond donors (Lipinski definition) is 0. The van der Waals surface area contributed by atoms with E-state index in [1.807, 2.05) is 0 Å². The largest absolute Gasteiger partial charge is 0.205 e. The van der Waals surface area contributed by atoms with Crippen LogP contribution in [0.4, 0.5) is 4.39 Å². The fourth-order valence-electron chi connectivity index (χ4n) is 1.15. The van der Waals surface area contributed by atoms with Gasteiger partial charge in [-0.1, -0.05) is 24.9 Å². The lowest BCUT2D eigenvalue weighted by molar-refractivity contribution is 0.597. The lowest BCUT2D eigenvalue weighted by Crippen LogP contribution is -1.93. The number of unbranched alkanes of at least 4 members (excludes halogenated alkanes) is 1. The van der Waals surface area contributed by atoms with Crippen LogP contribution in [0, 0.1) is 5.82 Å². The first-order valence-corrected chi connectivity index (χ1v) is 5.46. The second-order valence-corrected chi connectivity index (χ2v) is 4.19. The molecule has 0 radical (unpaired) electrons. The van der Waals surface area contributed by atoms with E-state index in [2.05, 4.69) is 22.9 Å².